The number of Topliss-reactive ketones (excluding diaryl/α,β-unsaturated/α-hetero) is 1. The number of anilines is 1. The summed E-state index contributed by atoms with van der Waals surface area (Å²) in [5, 5.41) is 20.3. The molecule has 0 spiro atoms. The van der Waals surface area contributed by atoms with E-state index in [0.29, 0.717) is 18.5 Å². The van der Waals surface area contributed by atoms with Crippen LogP contribution in [0.1, 0.15) is 67.7 Å². The first-order valence-corrected chi connectivity index (χ1v) is 17.4. The maximum atomic E-state index is 13.8. The zero-order valence-electron chi connectivity index (χ0n) is 27.5. The predicted octanol–water partition coefficient (Wildman–Crippen LogP) is 4.27. The molecular weight excluding hydrogens is 628 g/mol. The lowest BCUT2D eigenvalue weighted by atomic mass is 9.99. The number of nitrogens with zero attached hydrogens (tertiary/aromatic N) is 1. The Morgan fingerprint density at radius 3 is 1.96 bits per heavy atom. The van der Waals surface area contributed by atoms with Gasteiger partial charge in [-0.2, -0.15) is 0 Å². The zero-order chi connectivity index (χ0) is 34.8. The molecule has 0 saturated heterocycles. The molecule has 4 aromatic rings. The molecule has 3 atom stereocenters. The molecular formula is C37H42N4O6S. The highest BCUT2D eigenvalue weighted by molar-refractivity contribution is 7.92. The molecule has 48 heavy (non-hydrogen) atoms. The van der Waals surface area contributed by atoms with E-state index in [9.17, 15) is 27.9 Å². The first-order valence-electron chi connectivity index (χ1n) is 15.6. The second kappa shape index (κ2) is 16.3. The van der Waals surface area contributed by atoms with Crippen molar-refractivity contribution in [3.05, 3.63) is 137 Å². The molecule has 0 heterocycles. The van der Waals surface area contributed by atoms with E-state index in [1.165, 1.54) is 32.2 Å². The minimum atomic E-state index is -3.72. The molecule has 0 aliphatic carbocycles. The summed E-state index contributed by atoms with van der Waals surface area (Å²) >= 11 is 0. The first kappa shape index (κ1) is 36.0. The van der Waals surface area contributed by atoms with Gasteiger partial charge in [-0.3, -0.25) is 18.7 Å². The minimum Gasteiger partial charge on any atom is -0.390 e. The van der Waals surface area contributed by atoms with E-state index in [1.54, 1.807) is 18.2 Å². The van der Waals surface area contributed by atoms with Gasteiger partial charge < -0.3 is 21.1 Å². The zero-order valence-corrected chi connectivity index (χ0v) is 28.3. The third-order valence-corrected chi connectivity index (χ3v) is 9.25. The van der Waals surface area contributed by atoms with Crippen molar-refractivity contribution in [2.75, 3.05) is 24.2 Å². The molecule has 4 N–H and O–H groups in total. The SMILES string of the molecule is CC(=O)c1cccc(CNC[C@@H](O)[C@H](Cc2ccccc2)NC(=O)c2cc(C(=O)N[C@H](C)c3ccccc3)cc(N(C)S(C)(=O)=O)c2)c1. The molecule has 0 bridgehead atoms. The summed E-state index contributed by atoms with van der Waals surface area (Å²) in [6.07, 6.45) is 0.314. The van der Waals surface area contributed by atoms with Crippen LogP contribution in [0.15, 0.2) is 103 Å². The van der Waals surface area contributed by atoms with Crippen molar-refractivity contribution < 1.29 is 27.9 Å². The van der Waals surface area contributed by atoms with Crippen LogP contribution in [0.5, 0.6) is 0 Å². The average molecular weight is 671 g/mol. The highest BCUT2D eigenvalue weighted by atomic mass is 32.2. The van der Waals surface area contributed by atoms with E-state index in [4.69, 9.17) is 0 Å². The van der Waals surface area contributed by atoms with Crippen LogP contribution in [-0.2, 0) is 23.0 Å². The van der Waals surface area contributed by atoms with Crippen LogP contribution in [0.4, 0.5) is 5.69 Å². The monoisotopic (exact) mass is 670 g/mol. The fourth-order valence-corrected chi connectivity index (χ4v) is 5.65. The van der Waals surface area contributed by atoms with Gasteiger partial charge in [0.25, 0.3) is 11.8 Å². The third kappa shape index (κ3) is 10.1. The number of aliphatic hydroxyl groups is 1. The maximum Gasteiger partial charge on any atom is 0.251 e. The lowest BCUT2D eigenvalue weighted by Crippen LogP contribution is -2.48. The Kier molecular flexibility index (Phi) is 12.2. The molecule has 2 amide bonds. The Hall–Kier alpha value is -4.84. The maximum absolute atomic E-state index is 13.8. The van der Waals surface area contributed by atoms with Gasteiger partial charge in [-0.05, 0) is 61.2 Å². The van der Waals surface area contributed by atoms with E-state index in [0.717, 1.165) is 27.3 Å². The van der Waals surface area contributed by atoms with Gasteiger partial charge >= 0.3 is 0 Å². The van der Waals surface area contributed by atoms with E-state index in [-0.39, 0.29) is 35.2 Å². The number of ketones is 1. The number of carbonyl (C=O) groups excluding carboxylic acids is 3. The van der Waals surface area contributed by atoms with Crippen molar-refractivity contribution >= 4 is 33.3 Å². The summed E-state index contributed by atoms with van der Waals surface area (Å²) in [5.41, 5.74) is 3.53. The molecule has 4 rings (SSSR count). The van der Waals surface area contributed by atoms with Crippen molar-refractivity contribution in [1.29, 1.82) is 0 Å². The van der Waals surface area contributed by atoms with Crippen LogP contribution in [0.25, 0.3) is 0 Å². The second-order valence-electron chi connectivity index (χ2n) is 11.8. The Bertz CT molecular complexity index is 1830. The van der Waals surface area contributed by atoms with Crippen molar-refractivity contribution in [3.8, 4) is 0 Å². The molecule has 10 nitrogen and oxygen atoms in total. The minimum absolute atomic E-state index is 0.0410. The van der Waals surface area contributed by atoms with Crippen LogP contribution >= 0.6 is 0 Å². The molecule has 4 aromatic carbocycles. The summed E-state index contributed by atoms with van der Waals surface area (Å²) in [4.78, 5) is 39.0. The lowest BCUT2D eigenvalue weighted by molar-refractivity contribution is 0.0830. The Morgan fingerprint density at radius 2 is 1.35 bits per heavy atom. The summed E-state index contributed by atoms with van der Waals surface area (Å²) in [6.45, 7) is 3.85. The smallest absolute Gasteiger partial charge is 0.251 e. The molecule has 0 saturated carbocycles. The second-order valence-corrected chi connectivity index (χ2v) is 13.8. The summed E-state index contributed by atoms with van der Waals surface area (Å²) in [6, 6.07) is 29.1. The number of rotatable bonds is 15. The topological polar surface area (TPSA) is 145 Å². The molecule has 0 unspecified atom stereocenters. The summed E-state index contributed by atoms with van der Waals surface area (Å²) in [7, 11) is -2.37. The molecule has 0 aliphatic heterocycles. The molecule has 252 valence electrons. The van der Waals surface area contributed by atoms with E-state index >= 15 is 0 Å². The third-order valence-electron chi connectivity index (χ3n) is 8.05. The largest absolute Gasteiger partial charge is 0.390 e. The van der Waals surface area contributed by atoms with Crippen LogP contribution in [-0.4, -0.2) is 63.1 Å². The Morgan fingerprint density at radius 1 is 0.771 bits per heavy atom. The fourth-order valence-electron chi connectivity index (χ4n) is 5.16. The van der Waals surface area contributed by atoms with E-state index in [2.05, 4.69) is 16.0 Å². The first-order chi connectivity index (χ1) is 22.8. The number of sulfonamides is 1. The normalized spacial score (nSPS) is 13.2. The van der Waals surface area contributed by atoms with Gasteiger partial charge in [-0.15, -0.1) is 0 Å². The number of aliphatic hydroxyl groups excluding tert-OH is 1. The predicted molar refractivity (Wildman–Crippen MR) is 188 cm³/mol. The quantitative estimate of drug-likeness (QED) is 0.138. The number of hydrogen-bond acceptors (Lipinski definition) is 7. The van der Waals surface area contributed by atoms with Crippen molar-refractivity contribution in [1.82, 2.24) is 16.0 Å². The number of hydrogen-bond donors (Lipinski definition) is 4. The highest BCUT2D eigenvalue weighted by Gasteiger charge is 2.25. The number of nitrogens with one attached hydrogen (secondary N) is 3. The van der Waals surface area contributed by atoms with Gasteiger partial charge in [0.15, 0.2) is 5.78 Å². The van der Waals surface area contributed by atoms with Crippen molar-refractivity contribution in [2.45, 2.75) is 45.0 Å². The lowest BCUT2D eigenvalue weighted by Gasteiger charge is -2.26. The van der Waals surface area contributed by atoms with Crippen molar-refractivity contribution in [2.24, 2.45) is 0 Å². The fraction of sp³-hybridized carbons (Fsp3) is 0.270. The van der Waals surface area contributed by atoms with Crippen LogP contribution in [0, 0.1) is 0 Å². The van der Waals surface area contributed by atoms with Gasteiger partial charge in [0, 0.05) is 36.8 Å². The highest BCUT2D eigenvalue weighted by Crippen LogP contribution is 2.22. The van der Waals surface area contributed by atoms with Crippen LogP contribution in [0.2, 0.25) is 0 Å². The van der Waals surface area contributed by atoms with Gasteiger partial charge in [0.05, 0.1) is 30.1 Å². The summed E-state index contributed by atoms with van der Waals surface area (Å²) < 4.78 is 25.9. The number of amides is 2. The molecule has 0 aliphatic rings. The van der Waals surface area contributed by atoms with Gasteiger partial charge in [0.2, 0.25) is 10.0 Å². The Labute approximate surface area is 282 Å². The number of benzene rings is 4. The number of carbonyl (C=O) groups is 3. The van der Waals surface area contributed by atoms with Gasteiger partial charge in [0.1, 0.15) is 0 Å². The van der Waals surface area contributed by atoms with E-state index < -0.39 is 34.0 Å². The molecule has 0 aromatic heterocycles. The molecule has 0 fully saturated rings. The molecule has 0 radical (unpaired) electrons. The molecule has 11 heteroatoms. The van der Waals surface area contributed by atoms with Crippen LogP contribution < -0.4 is 20.3 Å². The van der Waals surface area contributed by atoms with Gasteiger partial charge in [-0.1, -0.05) is 78.9 Å². The average Bonchev–Trinajstić information content (AvgIpc) is 3.07. The summed E-state index contributed by atoms with van der Waals surface area (Å²) in [5.74, 6) is -1.11. The van der Waals surface area contributed by atoms with Gasteiger partial charge in [-0.25, -0.2) is 8.42 Å². The van der Waals surface area contributed by atoms with Crippen molar-refractivity contribution in [3.63, 3.8) is 0 Å². The standard InChI is InChI=1S/C37H42N4O6S/c1-25(29-15-9-6-10-16-29)39-36(44)31-20-32(22-33(21-31)41(3)48(4,46)47)37(45)40-34(19-27-12-7-5-8-13-27)35(43)24-38-23-28-14-11-17-30(18-28)26(2)42/h5-18,20-22,25,34-35,38,43H,19,23-24H2,1-4H3,(H,39,44)(H,40,45)/t25-,34+,35-/m1/s1. The Balaban J connectivity index is 1.57. The van der Waals surface area contributed by atoms with Crippen LogP contribution in [0.3, 0.4) is 0 Å². The van der Waals surface area contributed by atoms with E-state index in [1.807, 2.05) is 73.7 Å².